The van der Waals surface area contributed by atoms with Crippen molar-refractivity contribution in [2.45, 2.75) is 63.8 Å². The first-order valence-corrected chi connectivity index (χ1v) is 7.28. The minimum atomic E-state index is 0.189. The molecular formula is C14H26N2O. The highest BCUT2D eigenvalue weighted by Gasteiger charge is 2.28. The lowest BCUT2D eigenvalue weighted by atomic mass is 9.86. The second-order valence-corrected chi connectivity index (χ2v) is 5.85. The van der Waals surface area contributed by atoms with Crippen LogP contribution in [0.3, 0.4) is 0 Å². The Labute approximate surface area is 105 Å². The van der Waals surface area contributed by atoms with Crippen LogP contribution in [-0.4, -0.2) is 18.5 Å². The minimum absolute atomic E-state index is 0.189. The first-order chi connectivity index (χ1) is 8.25. The monoisotopic (exact) mass is 238 g/mol. The first-order valence-electron chi connectivity index (χ1n) is 7.28. The zero-order valence-corrected chi connectivity index (χ0v) is 10.8. The summed E-state index contributed by atoms with van der Waals surface area (Å²) in [5, 5.41) is 2.98. The van der Waals surface area contributed by atoms with E-state index in [1.807, 2.05) is 0 Å². The average molecular weight is 238 g/mol. The number of carbonyl (C=O) groups excluding carboxylic acids is 1. The summed E-state index contributed by atoms with van der Waals surface area (Å²) >= 11 is 0. The number of hydrogen-bond donors (Lipinski definition) is 2. The molecular weight excluding hydrogens is 212 g/mol. The second-order valence-electron chi connectivity index (χ2n) is 5.85. The molecule has 0 radical (unpaired) electrons. The lowest BCUT2D eigenvalue weighted by Gasteiger charge is -2.21. The van der Waals surface area contributed by atoms with Crippen LogP contribution in [-0.2, 0) is 4.79 Å². The van der Waals surface area contributed by atoms with Gasteiger partial charge in [0.25, 0.3) is 0 Å². The third kappa shape index (κ3) is 4.66. The first kappa shape index (κ1) is 12.9. The fourth-order valence-corrected chi connectivity index (χ4v) is 2.82. The maximum Gasteiger partial charge on any atom is 0.220 e. The molecule has 2 fully saturated rings. The largest absolute Gasteiger partial charge is 0.355 e. The van der Waals surface area contributed by atoms with Gasteiger partial charge in [0.1, 0.15) is 0 Å². The van der Waals surface area contributed by atoms with E-state index in [0.717, 1.165) is 12.3 Å². The van der Waals surface area contributed by atoms with E-state index in [1.165, 1.54) is 44.9 Å². The summed E-state index contributed by atoms with van der Waals surface area (Å²) in [7, 11) is 0. The van der Waals surface area contributed by atoms with Gasteiger partial charge in [0, 0.05) is 19.0 Å². The van der Waals surface area contributed by atoms with Crippen LogP contribution in [0.25, 0.3) is 0 Å². The van der Waals surface area contributed by atoms with Gasteiger partial charge in [-0.25, -0.2) is 0 Å². The molecule has 0 heterocycles. The van der Waals surface area contributed by atoms with Crippen molar-refractivity contribution < 1.29 is 4.79 Å². The van der Waals surface area contributed by atoms with E-state index in [9.17, 15) is 4.79 Å². The lowest BCUT2D eigenvalue weighted by molar-refractivity contribution is -0.121. The van der Waals surface area contributed by atoms with Crippen molar-refractivity contribution in [2.75, 3.05) is 6.54 Å². The molecule has 0 aromatic carbocycles. The van der Waals surface area contributed by atoms with E-state index >= 15 is 0 Å². The van der Waals surface area contributed by atoms with Crippen LogP contribution in [0, 0.1) is 11.8 Å². The van der Waals surface area contributed by atoms with Gasteiger partial charge < -0.3 is 11.1 Å². The fraction of sp³-hybridized carbons (Fsp3) is 0.929. The predicted octanol–water partition coefficient (Wildman–Crippen LogP) is 2.20. The number of rotatable bonds is 6. The van der Waals surface area contributed by atoms with Crippen molar-refractivity contribution in [3.05, 3.63) is 0 Å². The predicted molar refractivity (Wildman–Crippen MR) is 69.5 cm³/mol. The molecule has 17 heavy (non-hydrogen) atoms. The van der Waals surface area contributed by atoms with E-state index < -0.39 is 0 Å². The molecule has 0 aromatic rings. The molecule has 1 amide bonds. The van der Waals surface area contributed by atoms with E-state index in [0.29, 0.717) is 18.9 Å². The summed E-state index contributed by atoms with van der Waals surface area (Å²) in [6.07, 6.45) is 11.0. The molecule has 2 rings (SSSR count). The third-order valence-corrected chi connectivity index (χ3v) is 4.27. The summed E-state index contributed by atoms with van der Waals surface area (Å²) in [6, 6.07) is 0.189. The van der Waals surface area contributed by atoms with E-state index in [2.05, 4.69) is 5.32 Å². The Morgan fingerprint density at radius 2 is 1.88 bits per heavy atom. The molecule has 0 aliphatic heterocycles. The van der Waals surface area contributed by atoms with Crippen LogP contribution in [0.5, 0.6) is 0 Å². The molecule has 3 heteroatoms. The van der Waals surface area contributed by atoms with E-state index in [4.69, 9.17) is 5.73 Å². The summed E-state index contributed by atoms with van der Waals surface area (Å²) < 4.78 is 0. The Morgan fingerprint density at radius 3 is 2.53 bits per heavy atom. The number of nitrogens with one attached hydrogen (secondary N) is 1. The SMILES string of the molecule is NC(CNC(=O)CCC1CCCCC1)C1CC1. The second kappa shape index (κ2) is 6.39. The molecule has 2 aliphatic carbocycles. The van der Waals surface area contributed by atoms with Gasteiger partial charge >= 0.3 is 0 Å². The summed E-state index contributed by atoms with van der Waals surface area (Å²) in [6.45, 7) is 0.675. The Bertz CT molecular complexity index is 245. The number of nitrogens with two attached hydrogens (primary N) is 1. The highest BCUT2D eigenvalue weighted by atomic mass is 16.1. The molecule has 2 saturated carbocycles. The molecule has 1 unspecified atom stereocenters. The van der Waals surface area contributed by atoms with Gasteiger partial charge in [0.15, 0.2) is 0 Å². The van der Waals surface area contributed by atoms with Crippen molar-refractivity contribution in [3.63, 3.8) is 0 Å². The lowest BCUT2D eigenvalue weighted by Crippen LogP contribution is -2.38. The molecule has 2 aliphatic rings. The molecule has 98 valence electrons. The van der Waals surface area contributed by atoms with Gasteiger partial charge in [0.05, 0.1) is 0 Å². The highest BCUT2D eigenvalue weighted by molar-refractivity contribution is 5.75. The highest BCUT2D eigenvalue weighted by Crippen LogP contribution is 2.31. The minimum Gasteiger partial charge on any atom is -0.355 e. The van der Waals surface area contributed by atoms with Crippen LogP contribution in [0.2, 0.25) is 0 Å². The molecule has 0 bridgehead atoms. The van der Waals surface area contributed by atoms with Gasteiger partial charge in [-0.15, -0.1) is 0 Å². The number of amides is 1. The van der Waals surface area contributed by atoms with Crippen LogP contribution >= 0.6 is 0 Å². The third-order valence-electron chi connectivity index (χ3n) is 4.27. The molecule has 1 atom stereocenters. The summed E-state index contributed by atoms with van der Waals surface area (Å²) in [5.41, 5.74) is 5.95. The van der Waals surface area contributed by atoms with Crippen LogP contribution < -0.4 is 11.1 Å². The Hall–Kier alpha value is -0.570. The van der Waals surface area contributed by atoms with Gasteiger partial charge in [0.2, 0.25) is 5.91 Å². The average Bonchev–Trinajstić information content (AvgIpc) is 3.19. The molecule has 0 aromatic heterocycles. The van der Waals surface area contributed by atoms with Crippen LogP contribution in [0.1, 0.15) is 57.8 Å². The molecule has 3 nitrogen and oxygen atoms in total. The Kier molecular flexibility index (Phi) is 4.84. The normalized spacial score (nSPS) is 23.4. The van der Waals surface area contributed by atoms with E-state index in [-0.39, 0.29) is 11.9 Å². The van der Waals surface area contributed by atoms with Gasteiger partial charge in [-0.05, 0) is 31.1 Å². The van der Waals surface area contributed by atoms with Crippen LogP contribution in [0.15, 0.2) is 0 Å². The van der Waals surface area contributed by atoms with Crippen molar-refractivity contribution in [1.82, 2.24) is 5.32 Å². The van der Waals surface area contributed by atoms with Gasteiger partial charge in [-0.2, -0.15) is 0 Å². The zero-order valence-electron chi connectivity index (χ0n) is 10.8. The molecule has 0 spiro atoms. The summed E-state index contributed by atoms with van der Waals surface area (Å²) in [4.78, 5) is 11.7. The Balaban J connectivity index is 1.53. The zero-order chi connectivity index (χ0) is 12.1. The Morgan fingerprint density at radius 1 is 1.18 bits per heavy atom. The number of hydrogen-bond acceptors (Lipinski definition) is 2. The van der Waals surface area contributed by atoms with Crippen molar-refractivity contribution in [3.8, 4) is 0 Å². The maximum atomic E-state index is 11.7. The molecule has 3 N–H and O–H groups in total. The van der Waals surface area contributed by atoms with Gasteiger partial charge in [-0.3, -0.25) is 4.79 Å². The quantitative estimate of drug-likeness (QED) is 0.745. The van der Waals surface area contributed by atoms with E-state index in [1.54, 1.807) is 0 Å². The maximum absolute atomic E-state index is 11.7. The van der Waals surface area contributed by atoms with Crippen molar-refractivity contribution in [1.29, 1.82) is 0 Å². The fourth-order valence-electron chi connectivity index (χ4n) is 2.82. The standard InChI is InChI=1S/C14H26N2O/c15-13(12-7-8-12)10-16-14(17)9-6-11-4-2-1-3-5-11/h11-13H,1-10,15H2,(H,16,17). The smallest absolute Gasteiger partial charge is 0.220 e. The molecule has 0 saturated heterocycles. The topological polar surface area (TPSA) is 55.1 Å². The van der Waals surface area contributed by atoms with Crippen LogP contribution in [0.4, 0.5) is 0 Å². The number of carbonyl (C=O) groups is 1. The summed E-state index contributed by atoms with van der Waals surface area (Å²) in [5.74, 6) is 1.67. The van der Waals surface area contributed by atoms with Gasteiger partial charge in [-0.1, -0.05) is 32.1 Å². The van der Waals surface area contributed by atoms with Crippen molar-refractivity contribution >= 4 is 5.91 Å². The van der Waals surface area contributed by atoms with Crippen molar-refractivity contribution in [2.24, 2.45) is 17.6 Å².